The monoisotopic (exact) mass is 403 g/mol. The van der Waals surface area contributed by atoms with Crippen LogP contribution >= 0.6 is 0 Å². The fourth-order valence-corrected chi connectivity index (χ4v) is 3.39. The highest BCUT2D eigenvalue weighted by molar-refractivity contribution is 6.08. The number of primary amides is 1. The maximum absolute atomic E-state index is 12.1. The minimum atomic E-state index is -0.584. The zero-order valence-electron chi connectivity index (χ0n) is 16.8. The number of nitrogens with one attached hydrogen (secondary N) is 1. The van der Waals surface area contributed by atoms with Gasteiger partial charge in [0.05, 0.1) is 36.6 Å². The fourth-order valence-electron chi connectivity index (χ4n) is 3.39. The maximum atomic E-state index is 12.1. The van der Waals surface area contributed by atoms with Crippen molar-refractivity contribution in [2.45, 2.75) is 6.92 Å². The molecule has 2 aromatic carbocycles. The van der Waals surface area contributed by atoms with E-state index in [-0.39, 0.29) is 5.56 Å². The van der Waals surface area contributed by atoms with Crippen molar-refractivity contribution in [1.29, 1.82) is 0 Å². The van der Waals surface area contributed by atoms with E-state index in [9.17, 15) is 4.79 Å². The van der Waals surface area contributed by atoms with Gasteiger partial charge < -0.3 is 20.5 Å². The first-order valence-electron chi connectivity index (χ1n) is 9.26. The van der Waals surface area contributed by atoms with Crippen molar-refractivity contribution in [2.75, 3.05) is 19.5 Å². The van der Waals surface area contributed by atoms with Crippen LogP contribution in [0.25, 0.3) is 16.7 Å². The summed E-state index contributed by atoms with van der Waals surface area (Å²) in [5.41, 5.74) is 9.20. The Bertz CT molecular complexity index is 1250. The van der Waals surface area contributed by atoms with Gasteiger partial charge in [0, 0.05) is 18.0 Å². The van der Waals surface area contributed by atoms with E-state index in [1.54, 1.807) is 18.9 Å². The van der Waals surface area contributed by atoms with Crippen LogP contribution in [0.1, 0.15) is 16.1 Å². The van der Waals surface area contributed by atoms with Gasteiger partial charge in [0.1, 0.15) is 17.2 Å². The Morgan fingerprint density at radius 3 is 2.63 bits per heavy atom. The summed E-state index contributed by atoms with van der Waals surface area (Å²) in [4.78, 5) is 16.6. The van der Waals surface area contributed by atoms with Crippen LogP contribution in [0.4, 0.5) is 11.4 Å². The van der Waals surface area contributed by atoms with E-state index in [4.69, 9.17) is 15.2 Å². The van der Waals surface area contributed by atoms with Crippen LogP contribution in [0.2, 0.25) is 0 Å². The summed E-state index contributed by atoms with van der Waals surface area (Å²) in [6.45, 7) is 1.86. The quantitative estimate of drug-likeness (QED) is 0.510. The van der Waals surface area contributed by atoms with Crippen LogP contribution in [-0.4, -0.2) is 34.9 Å². The van der Waals surface area contributed by atoms with Gasteiger partial charge in [-0.05, 0) is 31.2 Å². The molecule has 8 nitrogen and oxygen atoms in total. The molecule has 30 heavy (non-hydrogen) atoms. The number of hydrogen-bond donors (Lipinski definition) is 2. The Hall–Kier alpha value is -4.07. The highest BCUT2D eigenvalue weighted by atomic mass is 16.5. The predicted octanol–water partition coefficient (Wildman–Crippen LogP) is 3.59. The lowest BCUT2D eigenvalue weighted by atomic mass is 10.1. The lowest BCUT2D eigenvalue weighted by Gasteiger charge is -2.13. The van der Waals surface area contributed by atoms with Gasteiger partial charge in [0.2, 0.25) is 0 Å². The second-order valence-electron chi connectivity index (χ2n) is 6.64. The molecule has 0 saturated heterocycles. The zero-order chi connectivity index (χ0) is 21.3. The molecular weight excluding hydrogens is 382 g/mol. The number of nitrogens with two attached hydrogens (primary N) is 1. The first-order chi connectivity index (χ1) is 14.5. The number of benzene rings is 2. The number of aromatic nitrogens is 3. The number of anilines is 2. The van der Waals surface area contributed by atoms with Crippen molar-refractivity contribution in [3.8, 4) is 17.2 Å². The molecule has 1 amide bonds. The summed E-state index contributed by atoms with van der Waals surface area (Å²) in [7, 11) is 3.20. The van der Waals surface area contributed by atoms with Crippen molar-refractivity contribution < 1.29 is 14.3 Å². The van der Waals surface area contributed by atoms with Crippen LogP contribution in [0.5, 0.6) is 11.5 Å². The number of fused-ring (bicyclic) bond motifs is 1. The molecule has 0 aliphatic heterocycles. The summed E-state index contributed by atoms with van der Waals surface area (Å²) in [6.07, 6.45) is 1.46. The molecule has 4 aromatic rings. The molecule has 0 saturated carbocycles. The van der Waals surface area contributed by atoms with Crippen LogP contribution in [0.3, 0.4) is 0 Å². The van der Waals surface area contributed by atoms with E-state index in [0.717, 1.165) is 11.4 Å². The van der Waals surface area contributed by atoms with Crippen LogP contribution in [0, 0.1) is 6.92 Å². The van der Waals surface area contributed by atoms with Crippen molar-refractivity contribution in [2.24, 2.45) is 5.73 Å². The normalized spacial score (nSPS) is 10.8. The number of pyridine rings is 1. The highest BCUT2D eigenvalue weighted by Crippen LogP contribution is 2.34. The lowest BCUT2D eigenvalue weighted by Crippen LogP contribution is -2.14. The Morgan fingerprint density at radius 1 is 1.10 bits per heavy atom. The van der Waals surface area contributed by atoms with E-state index < -0.39 is 5.91 Å². The number of para-hydroxylation sites is 2. The Morgan fingerprint density at radius 2 is 1.90 bits per heavy atom. The highest BCUT2D eigenvalue weighted by Gasteiger charge is 2.21. The van der Waals surface area contributed by atoms with Gasteiger partial charge in [0.25, 0.3) is 5.91 Å². The van der Waals surface area contributed by atoms with Gasteiger partial charge in [-0.1, -0.05) is 18.2 Å². The van der Waals surface area contributed by atoms with Crippen molar-refractivity contribution in [3.63, 3.8) is 0 Å². The van der Waals surface area contributed by atoms with Crippen molar-refractivity contribution >= 4 is 28.3 Å². The molecule has 0 fully saturated rings. The third-order valence-corrected chi connectivity index (χ3v) is 4.79. The van der Waals surface area contributed by atoms with Gasteiger partial charge in [-0.15, -0.1) is 0 Å². The van der Waals surface area contributed by atoms with Gasteiger partial charge >= 0.3 is 0 Å². The number of amides is 1. The molecule has 0 spiro atoms. The number of ether oxygens (including phenoxy) is 2. The molecule has 0 radical (unpaired) electrons. The van der Waals surface area contributed by atoms with E-state index in [1.165, 1.54) is 6.20 Å². The fraction of sp³-hybridized carbons (Fsp3) is 0.136. The van der Waals surface area contributed by atoms with Crippen LogP contribution in [0.15, 0.2) is 54.7 Å². The summed E-state index contributed by atoms with van der Waals surface area (Å²) in [5.74, 6) is 0.761. The topological polar surface area (TPSA) is 104 Å². The van der Waals surface area contributed by atoms with Gasteiger partial charge in [-0.3, -0.25) is 4.79 Å². The molecule has 4 rings (SSSR count). The number of rotatable bonds is 6. The first kappa shape index (κ1) is 19.3. The van der Waals surface area contributed by atoms with Gasteiger partial charge in [-0.2, -0.15) is 5.10 Å². The predicted molar refractivity (Wildman–Crippen MR) is 115 cm³/mol. The van der Waals surface area contributed by atoms with E-state index in [2.05, 4.69) is 15.4 Å². The lowest BCUT2D eigenvalue weighted by molar-refractivity contribution is 0.100. The summed E-state index contributed by atoms with van der Waals surface area (Å²) < 4.78 is 12.5. The summed E-state index contributed by atoms with van der Waals surface area (Å²) >= 11 is 0. The minimum absolute atomic E-state index is 0.271. The summed E-state index contributed by atoms with van der Waals surface area (Å²) in [6, 6.07) is 14.9. The third-order valence-electron chi connectivity index (χ3n) is 4.79. The molecule has 0 aliphatic rings. The molecule has 0 bridgehead atoms. The van der Waals surface area contributed by atoms with Gasteiger partial charge in [-0.25, -0.2) is 9.67 Å². The SMILES string of the molecule is COc1cccc(Nc2c(C(N)=O)cnc3c2c(C)nn3-c2ccccc2OC)c1. The number of carbonyl (C=O) groups is 1. The van der Waals surface area contributed by atoms with E-state index >= 15 is 0 Å². The minimum Gasteiger partial charge on any atom is -0.497 e. The largest absolute Gasteiger partial charge is 0.497 e. The molecule has 2 heterocycles. The Labute approximate surface area is 173 Å². The molecular formula is C22H21N5O3. The molecule has 2 aromatic heterocycles. The molecule has 152 valence electrons. The number of hydrogen-bond acceptors (Lipinski definition) is 6. The number of methoxy groups -OCH3 is 2. The van der Waals surface area contributed by atoms with Crippen LogP contribution in [-0.2, 0) is 0 Å². The number of nitrogens with zero attached hydrogens (tertiary/aromatic N) is 3. The molecule has 3 N–H and O–H groups in total. The number of carbonyl (C=O) groups excluding carboxylic acids is 1. The van der Waals surface area contributed by atoms with E-state index in [0.29, 0.717) is 33.9 Å². The standard InChI is InChI=1S/C22H21N5O3/c1-13-19-20(25-14-7-6-8-15(11-14)29-2)16(21(23)28)12-24-22(19)27(26-13)17-9-4-5-10-18(17)30-3/h4-12H,1-3H3,(H2,23,28)(H,24,25). The second kappa shape index (κ2) is 7.75. The molecule has 0 aliphatic carbocycles. The Balaban J connectivity index is 1.95. The first-order valence-corrected chi connectivity index (χ1v) is 9.26. The summed E-state index contributed by atoms with van der Waals surface area (Å²) in [5, 5.41) is 8.66. The number of aryl methyl sites for hydroxylation is 1. The third kappa shape index (κ3) is 3.28. The molecule has 8 heteroatoms. The van der Waals surface area contributed by atoms with Crippen molar-refractivity contribution in [1.82, 2.24) is 14.8 Å². The molecule has 0 unspecified atom stereocenters. The molecule has 0 atom stereocenters. The van der Waals surface area contributed by atoms with Crippen LogP contribution < -0.4 is 20.5 Å². The zero-order valence-corrected chi connectivity index (χ0v) is 16.8. The smallest absolute Gasteiger partial charge is 0.252 e. The maximum Gasteiger partial charge on any atom is 0.252 e. The average molecular weight is 403 g/mol. The average Bonchev–Trinajstić information content (AvgIpc) is 3.10. The van der Waals surface area contributed by atoms with Gasteiger partial charge in [0.15, 0.2) is 5.65 Å². The second-order valence-corrected chi connectivity index (χ2v) is 6.64. The van der Waals surface area contributed by atoms with Crippen molar-refractivity contribution in [3.05, 3.63) is 66.0 Å². The van der Waals surface area contributed by atoms with E-state index in [1.807, 2.05) is 55.5 Å². The Kier molecular flexibility index (Phi) is 4.97.